The van der Waals surface area contributed by atoms with Crippen molar-refractivity contribution in [2.75, 3.05) is 18.8 Å². The smallest absolute Gasteiger partial charge is 0.214 e. The zero-order valence-corrected chi connectivity index (χ0v) is 16.1. The van der Waals surface area contributed by atoms with Crippen molar-refractivity contribution >= 4 is 26.5 Å². The summed E-state index contributed by atoms with van der Waals surface area (Å²) in [7, 11) is -3.21. The molecule has 0 atom stereocenters. The molecule has 0 spiro atoms. The van der Waals surface area contributed by atoms with E-state index >= 15 is 0 Å². The van der Waals surface area contributed by atoms with Crippen LogP contribution in [0, 0.1) is 0 Å². The number of hydrogen-bond donors (Lipinski definition) is 1. The summed E-state index contributed by atoms with van der Waals surface area (Å²) in [6.45, 7) is 1.02. The van der Waals surface area contributed by atoms with Gasteiger partial charge in [0.2, 0.25) is 10.0 Å². The SMILES string of the molecule is O=S(=O)(CCCc1ccccc1)N1CC=C(c2c[nH]c3ccccc23)CC1. The number of nitrogens with one attached hydrogen (secondary N) is 1. The highest BCUT2D eigenvalue weighted by Crippen LogP contribution is 2.29. The third-order valence-electron chi connectivity index (χ3n) is 5.21. The van der Waals surface area contributed by atoms with E-state index in [4.69, 9.17) is 0 Å². The minimum absolute atomic E-state index is 0.207. The van der Waals surface area contributed by atoms with Crippen LogP contribution in [0.15, 0.2) is 66.9 Å². The number of sulfonamides is 1. The summed E-state index contributed by atoms with van der Waals surface area (Å²) in [5, 5.41) is 1.20. The highest BCUT2D eigenvalue weighted by molar-refractivity contribution is 7.89. The van der Waals surface area contributed by atoms with E-state index in [9.17, 15) is 8.42 Å². The standard InChI is InChI=1S/C22H24N2O2S/c25-27(26,16-6-9-18-7-2-1-3-8-18)24-14-12-19(13-15-24)21-17-23-22-11-5-4-10-20(21)22/h1-5,7-8,10-12,17,23H,6,9,13-16H2. The summed E-state index contributed by atoms with van der Waals surface area (Å²) in [5.41, 5.74) is 4.71. The third-order valence-corrected chi connectivity index (χ3v) is 7.13. The molecule has 27 heavy (non-hydrogen) atoms. The van der Waals surface area contributed by atoms with Crippen LogP contribution in [0.5, 0.6) is 0 Å². The average Bonchev–Trinajstić information content (AvgIpc) is 3.13. The Morgan fingerprint density at radius 1 is 1.00 bits per heavy atom. The molecule has 2 aromatic carbocycles. The molecule has 1 N–H and O–H groups in total. The summed E-state index contributed by atoms with van der Waals surface area (Å²) in [6, 6.07) is 18.3. The van der Waals surface area contributed by atoms with E-state index in [-0.39, 0.29) is 5.75 Å². The van der Waals surface area contributed by atoms with Crippen LogP contribution in [0.25, 0.3) is 16.5 Å². The van der Waals surface area contributed by atoms with Crippen molar-refractivity contribution in [2.24, 2.45) is 0 Å². The van der Waals surface area contributed by atoms with Crippen molar-refractivity contribution in [1.82, 2.24) is 9.29 Å². The number of aromatic amines is 1. The molecule has 1 aromatic heterocycles. The van der Waals surface area contributed by atoms with Crippen molar-refractivity contribution in [2.45, 2.75) is 19.3 Å². The van der Waals surface area contributed by atoms with Crippen molar-refractivity contribution in [3.05, 3.63) is 78.0 Å². The predicted molar refractivity (Wildman–Crippen MR) is 111 cm³/mol. The summed E-state index contributed by atoms with van der Waals surface area (Å²) >= 11 is 0. The molecule has 1 aliphatic rings. The van der Waals surface area contributed by atoms with E-state index in [2.05, 4.69) is 23.2 Å². The molecule has 0 saturated heterocycles. The Kier molecular flexibility index (Phi) is 5.14. The lowest BCUT2D eigenvalue weighted by Crippen LogP contribution is -2.36. The van der Waals surface area contributed by atoms with Crippen LogP contribution >= 0.6 is 0 Å². The van der Waals surface area contributed by atoms with Crippen LogP contribution in [0.1, 0.15) is 24.0 Å². The topological polar surface area (TPSA) is 53.2 Å². The van der Waals surface area contributed by atoms with E-state index < -0.39 is 10.0 Å². The minimum atomic E-state index is -3.21. The van der Waals surface area contributed by atoms with Gasteiger partial charge in [-0.1, -0.05) is 54.6 Å². The number of hydrogen-bond acceptors (Lipinski definition) is 2. The molecule has 0 unspecified atom stereocenters. The molecule has 2 heterocycles. The second-order valence-electron chi connectivity index (χ2n) is 6.99. The van der Waals surface area contributed by atoms with Crippen LogP contribution in [-0.4, -0.2) is 36.5 Å². The fraction of sp³-hybridized carbons (Fsp3) is 0.273. The van der Waals surface area contributed by atoms with Gasteiger partial charge in [0, 0.05) is 35.8 Å². The number of benzene rings is 2. The Balaban J connectivity index is 1.40. The molecule has 0 amide bonds. The number of nitrogens with zero attached hydrogens (tertiary/aromatic N) is 1. The lowest BCUT2D eigenvalue weighted by atomic mass is 10.00. The monoisotopic (exact) mass is 380 g/mol. The summed E-state index contributed by atoms with van der Waals surface area (Å²) in [5.74, 6) is 0.207. The zero-order chi connectivity index (χ0) is 18.7. The number of aryl methyl sites for hydroxylation is 1. The highest BCUT2D eigenvalue weighted by atomic mass is 32.2. The first-order valence-corrected chi connectivity index (χ1v) is 11.0. The van der Waals surface area contributed by atoms with E-state index in [0.717, 1.165) is 18.4 Å². The fourth-order valence-corrected chi connectivity index (χ4v) is 5.16. The molecule has 3 aromatic rings. The quantitative estimate of drug-likeness (QED) is 0.696. The van der Waals surface area contributed by atoms with E-state index in [1.54, 1.807) is 4.31 Å². The van der Waals surface area contributed by atoms with Gasteiger partial charge in [-0.3, -0.25) is 0 Å². The van der Waals surface area contributed by atoms with Gasteiger partial charge in [-0.2, -0.15) is 4.31 Å². The first-order valence-electron chi connectivity index (χ1n) is 9.41. The molecule has 5 heteroatoms. The molecular formula is C22H24N2O2S. The van der Waals surface area contributed by atoms with Gasteiger partial charge in [-0.05, 0) is 36.5 Å². The molecule has 0 aliphatic carbocycles. The Morgan fingerprint density at radius 3 is 2.56 bits per heavy atom. The van der Waals surface area contributed by atoms with Crippen molar-refractivity contribution < 1.29 is 8.42 Å². The Bertz CT molecular complexity index is 1050. The molecule has 4 nitrogen and oxygen atoms in total. The molecule has 0 saturated carbocycles. The number of rotatable bonds is 6. The highest BCUT2D eigenvalue weighted by Gasteiger charge is 2.24. The Morgan fingerprint density at radius 2 is 1.78 bits per heavy atom. The third kappa shape index (κ3) is 3.99. The molecule has 0 radical (unpaired) electrons. The van der Waals surface area contributed by atoms with Crippen molar-refractivity contribution in [1.29, 1.82) is 0 Å². The minimum Gasteiger partial charge on any atom is -0.361 e. The predicted octanol–water partition coefficient (Wildman–Crippen LogP) is 4.22. The number of para-hydroxylation sites is 1. The molecule has 0 fully saturated rings. The van der Waals surface area contributed by atoms with Gasteiger partial charge in [0.05, 0.1) is 5.75 Å². The van der Waals surface area contributed by atoms with Crippen LogP contribution < -0.4 is 0 Å². The van der Waals surface area contributed by atoms with Crippen molar-refractivity contribution in [3.8, 4) is 0 Å². The molecular weight excluding hydrogens is 356 g/mol. The zero-order valence-electron chi connectivity index (χ0n) is 15.3. The van der Waals surface area contributed by atoms with Gasteiger partial charge in [0.1, 0.15) is 0 Å². The van der Waals surface area contributed by atoms with Gasteiger partial charge in [0.25, 0.3) is 0 Å². The maximum atomic E-state index is 12.7. The number of H-pyrrole nitrogens is 1. The van der Waals surface area contributed by atoms with Crippen LogP contribution in [0.4, 0.5) is 0 Å². The summed E-state index contributed by atoms with van der Waals surface area (Å²) in [6.07, 6.45) is 6.29. The normalized spacial score (nSPS) is 15.8. The largest absolute Gasteiger partial charge is 0.361 e. The molecule has 0 bridgehead atoms. The number of aromatic nitrogens is 1. The van der Waals surface area contributed by atoms with Crippen molar-refractivity contribution in [3.63, 3.8) is 0 Å². The first-order chi connectivity index (χ1) is 13.1. The fourth-order valence-electron chi connectivity index (χ4n) is 3.72. The Labute approximate surface area is 160 Å². The Hall–Kier alpha value is -2.37. The first kappa shape index (κ1) is 18.0. The summed E-state index contributed by atoms with van der Waals surface area (Å²) in [4.78, 5) is 3.30. The average molecular weight is 381 g/mol. The van der Waals surface area contributed by atoms with E-state index in [0.29, 0.717) is 19.5 Å². The molecule has 4 rings (SSSR count). The maximum Gasteiger partial charge on any atom is 0.214 e. The second kappa shape index (κ2) is 7.71. The van der Waals surface area contributed by atoms with Gasteiger partial charge in [-0.15, -0.1) is 0 Å². The van der Waals surface area contributed by atoms with Crippen LogP contribution in [0.3, 0.4) is 0 Å². The van der Waals surface area contributed by atoms with Gasteiger partial charge in [-0.25, -0.2) is 8.42 Å². The van der Waals surface area contributed by atoms with Gasteiger partial charge >= 0.3 is 0 Å². The molecule has 1 aliphatic heterocycles. The van der Waals surface area contributed by atoms with Gasteiger partial charge < -0.3 is 4.98 Å². The lowest BCUT2D eigenvalue weighted by molar-refractivity contribution is 0.440. The molecule has 140 valence electrons. The lowest BCUT2D eigenvalue weighted by Gasteiger charge is -2.25. The summed E-state index contributed by atoms with van der Waals surface area (Å²) < 4.78 is 27.0. The van der Waals surface area contributed by atoms with Crippen LogP contribution in [-0.2, 0) is 16.4 Å². The van der Waals surface area contributed by atoms with E-state index in [1.165, 1.54) is 22.1 Å². The maximum absolute atomic E-state index is 12.7. The van der Waals surface area contributed by atoms with Crippen LogP contribution in [0.2, 0.25) is 0 Å². The van der Waals surface area contributed by atoms with E-state index in [1.807, 2.05) is 48.7 Å². The van der Waals surface area contributed by atoms with Gasteiger partial charge in [0.15, 0.2) is 0 Å². The number of fused-ring (bicyclic) bond motifs is 1. The second-order valence-corrected chi connectivity index (χ2v) is 9.08.